The average Bonchev–Trinajstić information content (AvgIpc) is 3.11. The number of amides is 1. The van der Waals surface area contributed by atoms with Crippen LogP contribution in [0.3, 0.4) is 0 Å². The van der Waals surface area contributed by atoms with Crippen LogP contribution in [0.5, 0.6) is 0 Å². The molecular formula is C20H18F3N3OS. The lowest BCUT2D eigenvalue weighted by Gasteiger charge is -2.32. The number of aromatic nitrogens is 2. The second-order valence-corrected chi connectivity index (χ2v) is 7.81. The van der Waals surface area contributed by atoms with Crippen LogP contribution in [0.2, 0.25) is 0 Å². The molecule has 1 aromatic carbocycles. The molecular weight excluding hydrogens is 387 g/mol. The largest absolute Gasteiger partial charge is 0.447 e. The molecule has 2 aromatic heterocycles. The van der Waals surface area contributed by atoms with E-state index in [1.807, 2.05) is 24.4 Å². The van der Waals surface area contributed by atoms with E-state index < -0.39 is 11.4 Å². The van der Waals surface area contributed by atoms with Gasteiger partial charge in [-0.2, -0.15) is 13.2 Å². The molecule has 3 aromatic rings. The molecule has 1 aliphatic rings. The number of carbonyl (C=O) groups is 1. The van der Waals surface area contributed by atoms with Crippen LogP contribution in [0.25, 0.3) is 10.9 Å². The predicted molar refractivity (Wildman–Crippen MR) is 102 cm³/mol. The fourth-order valence-corrected chi connectivity index (χ4v) is 4.34. The van der Waals surface area contributed by atoms with Gasteiger partial charge in [0.05, 0.1) is 5.56 Å². The molecule has 4 rings (SSSR count). The summed E-state index contributed by atoms with van der Waals surface area (Å²) in [5, 5.41) is 0.891. The van der Waals surface area contributed by atoms with E-state index >= 15 is 0 Å². The number of carbonyl (C=O) groups excluding carboxylic acids is 1. The molecule has 0 saturated carbocycles. The van der Waals surface area contributed by atoms with Gasteiger partial charge in [0.25, 0.3) is 5.91 Å². The average molecular weight is 405 g/mol. The molecule has 0 aliphatic carbocycles. The van der Waals surface area contributed by atoms with Crippen molar-refractivity contribution in [2.24, 2.45) is 0 Å². The number of hydrogen-bond donors (Lipinski definition) is 1. The fourth-order valence-electron chi connectivity index (χ4n) is 3.74. The zero-order chi connectivity index (χ0) is 19.7. The fraction of sp³-hybridized carbons (Fsp3) is 0.300. The van der Waals surface area contributed by atoms with Gasteiger partial charge in [0.1, 0.15) is 5.03 Å². The van der Waals surface area contributed by atoms with Crippen molar-refractivity contribution < 1.29 is 18.0 Å². The number of aromatic amines is 1. The van der Waals surface area contributed by atoms with E-state index in [0.29, 0.717) is 19.0 Å². The van der Waals surface area contributed by atoms with Crippen molar-refractivity contribution in [1.29, 1.82) is 0 Å². The summed E-state index contributed by atoms with van der Waals surface area (Å²) < 4.78 is 38.3. The Kier molecular flexibility index (Phi) is 5.05. The van der Waals surface area contributed by atoms with E-state index in [-0.39, 0.29) is 22.4 Å². The van der Waals surface area contributed by atoms with E-state index in [9.17, 15) is 18.0 Å². The van der Waals surface area contributed by atoms with Crippen molar-refractivity contribution in [3.8, 4) is 0 Å². The lowest BCUT2D eigenvalue weighted by molar-refractivity contribution is -0.0329. The lowest BCUT2D eigenvalue weighted by Crippen LogP contribution is -2.38. The van der Waals surface area contributed by atoms with Crippen LogP contribution in [0.4, 0.5) is 13.2 Å². The maximum atomic E-state index is 12.8. The molecule has 8 heteroatoms. The number of piperidine rings is 1. The molecule has 0 atom stereocenters. The van der Waals surface area contributed by atoms with E-state index in [1.54, 1.807) is 4.90 Å². The summed E-state index contributed by atoms with van der Waals surface area (Å²) in [7, 11) is 0. The van der Waals surface area contributed by atoms with Gasteiger partial charge in [-0.3, -0.25) is 4.79 Å². The highest BCUT2D eigenvalue weighted by atomic mass is 32.2. The SMILES string of the molecule is O=C(c1cccnc1SC(F)(F)F)N1CCC(c2c[nH]c3ccccc23)CC1. The highest BCUT2D eigenvalue weighted by Gasteiger charge is 2.34. The quantitative estimate of drug-likeness (QED) is 0.610. The third kappa shape index (κ3) is 3.87. The van der Waals surface area contributed by atoms with Gasteiger partial charge < -0.3 is 9.88 Å². The van der Waals surface area contributed by atoms with Crippen molar-refractivity contribution in [2.45, 2.75) is 29.3 Å². The topological polar surface area (TPSA) is 49.0 Å². The van der Waals surface area contributed by atoms with Crippen molar-refractivity contribution in [3.05, 3.63) is 59.9 Å². The Morgan fingerprint density at radius 2 is 1.89 bits per heavy atom. The highest BCUT2D eigenvalue weighted by Crippen LogP contribution is 2.38. The molecule has 1 aliphatic heterocycles. The Labute approximate surface area is 164 Å². The molecule has 0 bridgehead atoms. The van der Waals surface area contributed by atoms with E-state index in [4.69, 9.17) is 0 Å². The Bertz CT molecular complexity index is 994. The summed E-state index contributed by atoms with van der Waals surface area (Å²) in [5.74, 6) is -0.0738. The first-order valence-electron chi connectivity index (χ1n) is 8.98. The Balaban J connectivity index is 1.48. The van der Waals surface area contributed by atoms with Crippen molar-refractivity contribution in [2.75, 3.05) is 13.1 Å². The van der Waals surface area contributed by atoms with Crippen molar-refractivity contribution in [1.82, 2.24) is 14.9 Å². The smallest absolute Gasteiger partial charge is 0.361 e. The maximum Gasteiger partial charge on any atom is 0.447 e. The number of thioether (sulfide) groups is 1. The third-order valence-corrected chi connectivity index (χ3v) is 5.81. The predicted octanol–water partition coefficient (Wildman–Crippen LogP) is 5.19. The number of nitrogens with one attached hydrogen (secondary N) is 1. The van der Waals surface area contributed by atoms with Gasteiger partial charge in [-0.1, -0.05) is 18.2 Å². The number of H-pyrrole nitrogens is 1. The molecule has 3 heterocycles. The number of alkyl halides is 3. The van der Waals surface area contributed by atoms with Gasteiger partial charge in [-0.15, -0.1) is 0 Å². The Morgan fingerprint density at radius 3 is 2.64 bits per heavy atom. The number of pyridine rings is 1. The lowest BCUT2D eigenvalue weighted by atomic mass is 9.89. The molecule has 1 saturated heterocycles. The normalized spacial score (nSPS) is 15.9. The summed E-state index contributed by atoms with van der Waals surface area (Å²) in [5.41, 5.74) is -2.15. The summed E-state index contributed by atoms with van der Waals surface area (Å²) in [6.45, 7) is 1.02. The van der Waals surface area contributed by atoms with Gasteiger partial charge in [0.15, 0.2) is 0 Å². The second-order valence-electron chi connectivity index (χ2n) is 6.76. The van der Waals surface area contributed by atoms with Crippen LogP contribution in [-0.4, -0.2) is 39.4 Å². The van der Waals surface area contributed by atoms with Gasteiger partial charge in [0, 0.05) is 48.1 Å². The van der Waals surface area contributed by atoms with Gasteiger partial charge >= 0.3 is 5.51 Å². The van der Waals surface area contributed by atoms with Crippen LogP contribution in [0.15, 0.2) is 53.8 Å². The Morgan fingerprint density at radius 1 is 1.14 bits per heavy atom. The first-order chi connectivity index (χ1) is 13.4. The standard InChI is InChI=1S/C20H18F3N3OS/c21-20(22,23)28-18-15(5-3-9-24-18)19(27)26-10-7-13(8-11-26)16-12-25-17-6-2-1-4-14(16)17/h1-6,9,12-13,25H,7-8,10-11H2. The zero-order valence-electron chi connectivity index (χ0n) is 14.9. The molecule has 4 nitrogen and oxygen atoms in total. The molecule has 1 fully saturated rings. The minimum Gasteiger partial charge on any atom is -0.361 e. The molecule has 0 unspecified atom stereocenters. The number of rotatable bonds is 3. The minimum atomic E-state index is -4.48. The summed E-state index contributed by atoms with van der Waals surface area (Å²) >= 11 is -0.343. The second kappa shape index (κ2) is 7.50. The molecule has 0 spiro atoms. The van der Waals surface area contributed by atoms with Crippen LogP contribution in [0.1, 0.15) is 34.7 Å². The maximum absolute atomic E-state index is 12.8. The summed E-state index contributed by atoms with van der Waals surface area (Å²) in [6.07, 6.45) is 4.84. The minimum absolute atomic E-state index is 0.00960. The molecule has 1 N–H and O–H groups in total. The number of hydrogen-bond acceptors (Lipinski definition) is 3. The highest BCUT2D eigenvalue weighted by molar-refractivity contribution is 8.00. The Hall–Kier alpha value is -2.48. The van der Waals surface area contributed by atoms with Gasteiger partial charge in [-0.25, -0.2) is 4.98 Å². The zero-order valence-corrected chi connectivity index (χ0v) is 15.7. The number of para-hydroxylation sites is 1. The number of likely N-dealkylation sites (tertiary alicyclic amines) is 1. The van der Waals surface area contributed by atoms with Crippen molar-refractivity contribution >= 4 is 28.6 Å². The number of fused-ring (bicyclic) bond motifs is 1. The first kappa shape index (κ1) is 18.9. The van der Waals surface area contributed by atoms with Crippen LogP contribution < -0.4 is 0 Å². The van der Waals surface area contributed by atoms with E-state index in [2.05, 4.69) is 16.0 Å². The van der Waals surface area contributed by atoms with E-state index in [1.165, 1.54) is 29.3 Å². The van der Waals surface area contributed by atoms with Crippen molar-refractivity contribution in [3.63, 3.8) is 0 Å². The molecule has 0 radical (unpaired) electrons. The van der Waals surface area contributed by atoms with E-state index in [0.717, 1.165) is 18.4 Å². The third-order valence-electron chi connectivity index (χ3n) is 5.06. The van der Waals surface area contributed by atoms with Crippen LogP contribution in [0, 0.1) is 0 Å². The number of halogens is 3. The molecule has 146 valence electrons. The van der Waals surface area contributed by atoms with Crippen LogP contribution in [-0.2, 0) is 0 Å². The van der Waals surface area contributed by atoms with Crippen LogP contribution >= 0.6 is 11.8 Å². The van der Waals surface area contributed by atoms with Gasteiger partial charge in [-0.05, 0) is 42.5 Å². The van der Waals surface area contributed by atoms with Gasteiger partial charge in [0.2, 0.25) is 0 Å². The monoisotopic (exact) mass is 405 g/mol. The first-order valence-corrected chi connectivity index (χ1v) is 9.80. The number of nitrogens with zero attached hydrogens (tertiary/aromatic N) is 2. The number of benzene rings is 1. The summed E-state index contributed by atoms with van der Waals surface area (Å²) in [4.78, 5) is 21.5. The molecule has 1 amide bonds. The summed E-state index contributed by atoms with van der Waals surface area (Å²) in [6, 6.07) is 11.0. The molecule has 28 heavy (non-hydrogen) atoms.